The van der Waals surface area contributed by atoms with E-state index in [0.717, 1.165) is 16.8 Å². The number of carbonyl (C=O) groups is 3. The van der Waals surface area contributed by atoms with Crippen LogP contribution in [0.1, 0.15) is 28.8 Å². The average molecular weight is 432 g/mol. The minimum atomic E-state index is -0.645. The smallest absolute Gasteiger partial charge is 0.255 e. The van der Waals surface area contributed by atoms with Gasteiger partial charge in [0.1, 0.15) is 11.7 Å². The number of nitrogens with zero attached hydrogens (tertiary/aromatic N) is 5. The number of piperidine rings is 1. The highest BCUT2D eigenvalue weighted by atomic mass is 16.5. The molecule has 0 radical (unpaired) electrons. The number of fused-ring (bicyclic) bond motifs is 1. The molecule has 0 aliphatic carbocycles. The first-order valence-corrected chi connectivity index (χ1v) is 10.1. The maximum atomic E-state index is 12.9. The largest absolute Gasteiger partial charge is 0.480 e. The summed E-state index contributed by atoms with van der Waals surface area (Å²) in [5, 5.41) is 2.32. The lowest BCUT2D eigenvalue weighted by Gasteiger charge is -2.29. The van der Waals surface area contributed by atoms with Gasteiger partial charge in [0.25, 0.3) is 5.91 Å². The third-order valence-electron chi connectivity index (χ3n) is 5.80. The lowest BCUT2D eigenvalue weighted by atomic mass is 10.0. The molecule has 1 aromatic carbocycles. The van der Waals surface area contributed by atoms with Gasteiger partial charge in [-0.05, 0) is 24.1 Å². The van der Waals surface area contributed by atoms with Crippen LogP contribution in [0.25, 0.3) is 22.6 Å². The van der Waals surface area contributed by atoms with Crippen molar-refractivity contribution in [2.45, 2.75) is 25.4 Å². The monoisotopic (exact) mass is 432 g/mol. The number of hydrogen-bond acceptors (Lipinski definition) is 7. The molecule has 4 heterocycles. The Morgan fingerprint density at radius 3 is 2.81 bits per heavy atom. The van der Waals surface area contributed by atoms with Crippen LogP contribution in [0.4, 0.5) is 0 Å². The topological polar surface area (TPSA) is 119 Å². The lowest BCUT2D eigenvalue weighted by molar-refractivity contribution is -0.136. The van der Waals surface area contributed by atoms with Crippen molar-refractivity contribution >= 4 is 17.7 Å². The molecule has 2 aliphatic rings. The molecule has 3 amide bonds. The van der Waals surface area contributed by atoms with Crippen molar-refractivity contribution in [1.82, 2.24) is 29.7 Å². The minimum Gasteiger partial charge on any atom is -0.480 e. The second-order valence-electron chi connectivity index (χ2n) is 7.77. The van der Waals surface area contributed by atoms with Crippen LogP contribution in [0.5, 0.6) is 5.88 Å². The van der Waals surface area contributed by atoms with Crippen LogP contribution < -0.4 is 10.1 Å². The fraction of sp³-hybridized carbons (Fsp3) is 0.273. The second kappa shape index (κ2) is 7.56. The SMILES string of the molecule is COc1cncc(-c2c(-c3ccc4c(c3)CN([C@H]3CCC(=O)NC3=O)C4=O)ncn2C)n1. The summed E-state index contributed by atoms with van der Waals surface area (Å²) in [5.74, 6) is -0.540. The second-order valence-corrected chi connectivity index (χ2v) is 7.77. The van der Waals surface area contributed by atoms with Gasteiger partial charge in [0.2, 0.25) is 17.7 Å². The van der Waals surface area contributed by atoms with E-state index in [2.05, 4.69) is 20.3 Å². The van der Waals surface area contributed by atoms with Crippen molar-refractivity contribution in [3.63, 3.8) is 0 Å². The number of benzene rings is 1. The number of imidazole rings is 1. The molecular weight excluding hydrogens is 412 g/mol. The van der Waals surface area contributed by atoms with Gasteiger partial charge in [-0.2, -0.15) is 0 Å². The molecule has 5 rings (SSSR count). The van der Waals surface area contributed by atoms with Crippen LogP contribution in [-0.2, 0) is 23.2 Å². The Kier molecular flexibility index (Phi) is 4.69. The van der Waals surface area contributed by atoms with Gasteiger partial charge in [0.15, 0.2) is 0 Å². The molecule has 0 spiro atoms. The average Bonchev–Trinajstić information content (AvgIpc) is 3.33. The van der Waals surface area contributed by atoms with Crippen molar-refractivity contribution in [1.29, 1.82) is 0 Å². The van der Waals surface area contributed by atoms with Crippen molar-refractivity contribution in [2.24, 2.45) is 7.05 Å². The van der Waals surface area contributed by atoms with Crippen LogP contribution in [0, 0.1) is 0 Å². The van der Waals surface area contributed by atoms with Gasteiger partial charge in [-0.1, -0.05) is 6.07 Å². The van der Waals surface area contributed by atoms with Gasteiger partial charge in [-0.15, -0.1) is 0 Å². The summed E-state index contributed by atoms with van der Waals surface area (Å²) < 4.78 is 7.05. The summed E-state index contributed by atoms with van der Waals surface area (Å²) in [6.45, 7) is 0.301. The minimum absolute atomic E-state index is 0.207. The quantitative estimate of drug-likeness (QED) is 0.618. The van der Waals surface area contributed by atoms with E-state index in [4.69, 9.17) is 4.74 Å². The molecule has 0 bridgehead atoms. The Balaban J connectivity index is 1.49. The number of methoxy groups -OCH3 is 1. The molecule has 10 heteroatoms. The van der Waals surface area contributed by atoms with Crippen molar-refractivity contribution in [2.75, 3.05) is 7.11 Å². The highest BCUT2D eigenvalue weighted by Crippen LogP contribution is 2.34. The summed E-state index contributed by atoms with van der Waals surface area (Å²) >= 11 is 0. The van der Waals surface area contributed by atoms with E-state index in [0.29, 0.717) is 35.8 Å². The number of amides is 3. The Morgan fingerprint density at radius 1 is 1.19 bits per heavy atom. The van der Waals surface area contributed by atoms with Gasteiger partial charge in [0.05, 0.1) is 37.2 Å². The Bertz CT molecular complexity index is 1270. The van der Waals surface area contributed by atoms with Gasteiger partial charge in [0, 0.05) is 31.1 Å². The third-order valence-corrected chi connectivity index (χ3v) is 5.80. The van der Waals surface area contributed by atoms with Crippen LogP contribution in [-0.4, -0.2) is 55.3 Å². The van der Waals surface area contributed by atoms with E-state index < -0.39 is 11.9 Å². The molecular formula is C22H20N6O4. The van der Waals surface area contributed by atoms with E-state index in [1.165, 1.54) is 18.2 Å². The molecule has 1 N–H and O–H groups in total. The highest BCUT2D eigenvalue weighted by Gasteiger charge is 2.39. The Labute approximate surface area is 183 Å². The molecule has 0 unspecified atom stereocenters. The molecule has 2 aromatic heterocycles. The highest BCUT2D eigenvalue weighted by molar-refractivity contribution is 6.05. The number of aryl methyl sites for hydroxylation is 1. The Morgan fingerprint density at radius 2 is 2.03 bits per heavy atom. The van der Waals surface area contributed by atoms with E-state index in [9.17, 15) is 14.4 Å². The van der Waals surface area contributed by atoms with Crippen LogP contribution in [0.2, 0.25) is 0 Å². The molecule has 162 valence electrons. The van der Waals surface area contributed by atoms with Crippen molar-refractivity contribution < 1.29 is 19.1 Å². The van der Waals surface area contributed by atoms with Crippen LogP contribution in [0.3, 0.4) is 0 Å². The molecule has 10 nitrogen and oxygen atoms in total. The maximum Gasteiger partial charge on any atom is 0.255 e. The van der Waals surface area contributed by atoms with Crippen molar-refractivity contribution in [3.8, 4) is 28.5 Å². The maximum absolute atomic E-state index is 12.9. The number of aromatic nitrogens is 4. The fourth-order valence-corrected chi connectivity index (χ4v) is 4.23. The van der Waals surface area contributed by atoms with Gasteiger partial charge in [-0.3, -0.25) is 24.7 Å². The van der Waals surface area contributed by atoms with E-state index >= 15 is 0 Å². The normalized spacial score (nSPS) is 18.0. The standard InChI is InChI=1S/C22H20N6O4/c1-27-11-24-19(20(27)15-8-23-9-18(25-15)32-2)12-3-4-14-13(7-12)10-28(22(14)31)16-5-6-17(29)26-21(16)30/h3-4,7-9,11,16H,5-6,10H2,1-2H3,(H,26,29,30)/t16-/m0/s1. The molecule has 32 heavy (non-hydrogen) atoms. The van der Waals surface area contributed by atoms with Gasteiger partial charge in [-0.25, -0.2) is 9.97 Å². The lowest BCUT2D eigenvalue weighted by Crippen LogP contribution is -2.52. The first-order chi connectivity index (χ1) is 15.5. The summed E-state index contributed by atoms with van der Waals surface area (Å²) in [6.07, 6.45) is 5.42. The number of hydrogen-bond donors (Lipinski definition) is 1. The van der Waals surface area contributed by atoms with Crippen LogP contribution >= 0.6 is 0 Å². The molecule has 1 saturated heterocycles. The number of carbonyl (C=O) groups excluding carboxylic acids is 3. The zero-order valence-electron chi connectivity index (χ0n) is 17.5. The molecule has 2 aliphatic heterocycles. The number of rotatable bonds is 4. The van der Waals surface area contributed by atoms with Gasteiger partial charge < -0.3 is 14.2 Å². The molecule has 1 atom stereocenters. The van der Waals surface area contributed by atoms with E-state index in [1.54, 1.807) is 18.6 Å². The van der Waals surface area contributed by atoms with Crippen molar-refractivity contribution in [3.05, 3.63) is 48.0 Å². The van der Waals surface area contributed by atoms with E-state index in [1.807, 2.05) is 23.7 Å². The zero-order valence-corrected chi connectivity index (χ0v) is 17.5. The molecule has 1 fully saturated rings. The zero-order chi connectivity index (χ0) is 22.4. The summed E-state index contributed by atoms with van der Waals surface area (Å²) in [5.41, 5.74) is 4.26. The van der Waals surface area contributed by atoms with Crippen LogP contribution in [0.15, 0.2) is 36.9 Å². The van der Waals surface area contributed by atoms with E-state index in [-0.39, 0.29) is 18.2 Å². The van der Waals surface area contributed by atoms with Gasteiger partial charge >= 0.3 is 0 Å². The first-order valence-electron chi connectivity index (χ1n) is 10.1. The summed E-state index contributed by atoms with van der Waals surface area (Å²) in [4.78, 5) is 51.4. The summed E-state index contributed by atoms with van der Waals surface area (Å²) in [7, 11) is 3.40. The number of nitrogens with one attached hydrogen (secondary N) is 1. The first kappa shape index (κ1) is 19.9. The predicted octanol–water partition coefficient (Wildman–Crippen LogP) is 1.31. The molecule has 3 aromatic rings. The predicted molar refractivity (Wildman–Crippen MR) is 112 cm³/mol. The third kappa shape index (κ3) is 3.20. The summed E-state index contributed by atoms with van der Waals surface area (Å²) in [6, 6.07) is 4.87. The number of imide groups is 1. The fourth-order valence-electron chi connectivity index (χ4n) is 4.23. The Hall–Kier alpha value is -4.08. The number of ether oxygens (including phenoxy) is 1. The molecule has 0 saturated carbocycles.